The van der Waals surface area contributed by atoms with Crippen molar-refractivity contribution in [1.82, 2.24) is 14.4 Å². The lowest BCUT2D eigenvalue weighted by Gasteiger charge is -2.16. The Morgan fingerprint density at radius 1 is 0.897 bits per heavy atom. The normalized spacial score (nSPS) is 12.0. The van der Waals surface area contributed by atoms with Crippen molar-refractivity contribution in [3.05, 3.63) is 77.0 Å². The third-order valence-corrected chi connectivity index (χ3v) is 4.52. The van der Waals surface area contributed by atoms with Gasteiger partial charge in [-0.3, -0.25) is 4.40 Å². The highest BCUT2D eigenvalue weighted by Crippen LogP contribution is 2.40. The van der Waals surface area contributed by atoms with E-state index in [0.717, 1.165) is 24.3 Å². The van der Waals surface area contributed by atoms with Crippen molar-refractivity contribution in [3.8, 4) is 22.4 Å². The topological polar surface area (TPSA) is 30.2 Å². The van der Waals surface area contributed by atoms with Crippen molar-refractivity contribution in [1.29, 1.82) is 0 Å². The van der Waals surface area contributed by atoms with E-state index in [-0.39, 0.29) is 27.8 Å². The zero-order valence-corrected chi connectivity index (χ0v) is 14.9. The third kappa shape index (κ3) is 3.31. The smallest absolute Gasteiger partial charge is 0.283 e. The third-order valence-electron chi connectivity index (χ3n) is 4.25. The molecule has 0 aliphatic carbocycles. The van der Waals surface area contributed by atoms with Gasteiger partial charge in [-0.1, -0.05) is 23.7 Å². The summed E-state index contributed by atoms with van der Waals surface area (Å²) in [4.78, 5) is 7.93. The van der Waals surface area contributed by atoms with Crippen LogP contribution in [0.3, 0.4) is 0 Å². The van der Waals surface area contributed by atoms with Gasteiger partial charge >= 0.3 is 6.18 Å². The molecule has 0 atom stereocenters. The number of aromatic nitrogens is 3. The molecule has 2 aromatic carbocycles. The monoisotopic (exact) mass is 427 g/mol. The van der Waals surface area contributed by atoms with Crippen LogP contribution < -0.4 is 0 Å². The number of nitrogens with zero attached hydrogens (tertiary/aromatic N) is 3. The molecule has 2 aromatic heterocycles. The van der Waals surface area contributed by atoms with Crippen molar-refractivity contribution in [2.45, 2.75) is 6.18 Å². The summed E-state index contributed by atoms with van der Waals surface area (Å²) in [7, 11) is 0. The second kappa shape index (κ2) is 6.77. The highest BCUT2D eigenvalue weighted by Gasteiger charge is 2.30. The Morgan fingerprint density at radius 3 is 2.10 bits per heavy atom. The van der Waals surface area contributed by atoms with E-state index >= 15 is 0 Å². The second-order valence-electron chi connectivity index (χ2n) is 6.04. The van der Waals surface area contributed by atoms with Crippen molar-refractivity contribution >= 4 is 17.4 Å². The Labute approximate surface area is 164 Å². The van der Waals surface area contributed by atoms with Crippen LogP contribution in [0.25, 0.3) is 28.2 Å². The number of hydrogen-bond donors (Lipinski definition) is 0. The fourth-order valence-electron chi connectivity index (χ4n) is 3.02. The Bertz CT molecular complexity index is 1210. The van der Waals surface area contributed by atoms with E-state index in [4.69, 9.17) is 11.6 Å². The molecule has 10 heteroatoms. The summed E-state index contributed by atoms with van der Waals surface area (Å²) in [6.45, 7) is 0. The molecular formula is C19H8ClF6N3. The average molecular weight is 428 g/mol. The minimum Gasteiger partial charge on any atom is -0.283 e. The molecule has 4 rings (SSSR count). The van der Waals surface area contributed by atoms with Gasteiger partial charge in [0.15, 0.2) is 0 Å². The molecule has 3 nitrogen and oxygen atoms in total. The van der Waals surface area contributed by atoms with Crippen LogP contribution in [0.1, 0.15) is 5.56 Å². The summed E-state index contributed by atoms with van der Waals surface area (Å²) >= 11 is 6.17. The molecule has 0 aliphatic rings. The number of imidazole rings is 1. The standard InChI is InChI=1S/C19H8ClF6N3/c20-17-15(14-12(22)7-11(21)8-13(14)23)16(29-6-5-27-18(29)28-17)9-1-3-10(4-2-9)19(24,25)26/h1-8H. The number of rotatable bonds is 2. The maximum Gasteiger partial charge on any atom is 0.416 e. The molecule has 29 heavy (non-hydrogen) atoms. The van der Waals surface area contributed by atoms with Crippen LogP contribution in [0.15, 0.2) is 48.8 Å². The summed E-state index contributed by atoms with van der Waals surface area (Å²) < 4.78 is 82.3. The van der Waals surface area contributed by atoms with Crippen molar-refractivity contribution in [2.75, 3.05) is 0 Å². The zero-order chi connectivity index (χ0) is 20.9. The summed E-state index contributed by atoms with van der Waals surface area (Å²) in [6, 6.07) is 4.88. The highest BCUT2D eigenvalue weighted by atomic mass is 35.5. The summed E-state index contributed by atoms with van der Waals surface area (Å²) in [6.07, 6.45) is -1.81. The molecule has 0 spiro atoms. The quantitative estimate of drug-likeness (QED) is 0.283. The van der Waals surface area contributed by atoms with E-state index < -0.39 is 34.8 Å². The predicted molar refractivity (Wildman–Crippen MR) is 93.7 cm³/mol. The molecule has 0 saturated carbocycles. The van der Waals surface area contributed by atoms with Gasteiger partial charge in [0.05, 0.1) is 16.8 Å². The van der Waals surface area contributed by atoms with Crippen LogP contribution in [0, 0.1) is 17.5 Å². The largest absolute Gasteiger partial charge is 0.416 e. The maximum absolute atomic E-state index is 14.5. The van der Waals surface area contributed by atoms with Gasteiger partial charge in [0.25, 0.3) is 0 Å². The molecule has 2 heterocycles. The van der Waals surface area contributed by atoms with E-state index in [1.165, 1.54) is 16.8 Å². The lowest BCUT2D eigenvalue weighted by molar-refractivity contribution is -0.137. The number of hydrogen-bond acceptors (Lipinski definition) is 2. The van der Waals surface area contributed by atoms with Gasteiger partial charge in [-0.25, -0.2) is 18.2 Å². The van der Waals surface area contributed by atoms with E-state index in [2.05, 4.69) is 9.97 Å². The first-order valence-electron chi connectivity index (χ1n) is 8.02. The molecular weight excluding hydrogens is 420 g/mol. The second-order valence-corrected chi connectivity index (χ2v) is 6.40. The van der Waals surface area contributed by atoms with Crippen LogP contribution >= 0.6 is 11.6 Å². The molecule has 0 saturated heterocycles. The summed E-state index contributed by atoms with van der Waals surface area (Å²) in [5.41, 5.74) is -1.58. The number of alkyl halides is 3. The van der Waals surface area contributed by atoms with Crippen LogP contribution in [0.4, 0.5) is 26.3 Å². The Morgan fingerprint density at radius 2 is 1.52 bits per heavy atom. The van der Waals surface area contributed by atoms with Gasteiger partial charge < -0.3 is 0 Å². The lowest BCUT2D eigenvalue weighted by atomic mass is 9.98. The van der Waals surface area contributed by atoms with Crippen molar-refractivity contribution < 1.29 is 26.3 Å². The maximum atomic E-state index is 14.5. The average Bonchev–Trinajstić information content (AvgIpc) is 3.08. The molecule has 0 bridgehead atoms. The lowest BCUT2D eigenvalue weighted by Crippen LogP contribution is -2.05. The molecule has 0 amide bonds. The number of benzene rings is 2. The minimum atomic E-state index is -4.56. The van der Waals surface area contributed by atoms with Crippen molar-refractivity contribution in [2.24, 2.45) is 0 Å². The number of fused-ring (bicyclic) bond motifs is 1. The Kier molecular flexibility index (Phi) is 4.49. The molecule has 0 aliphatic heterocycles. The molecule has 4 aromatic rings. The number of halogens is 7. The Hall–Kier alpha value is -3.07. The molecule has 0 unspecified atom stereocenters. The van der Waals surface area contributed by atoms with Crippen LogP contribution in [0.5, 0.6) is 0 Å². The summed E-state index contributed by atoms with van der Waals surface area (Å²) in [5, 5.41) is -0.344. The molecule has 0 N–H and O–H groups in total. The van der Waals surface area contributed by atoms with Gasteiger partial charge in [0.2, 0.25) is 5.78 Å². The first kappa shape index (κ1) is 19.3. The van der Waals surface area contributed by atoms with Gasteiger partial charge in [-0.2, -0.15) is 18.2 Å². The van der Waals surface area contributed by atoms with Gasteiger partial charge in [0.1, 0.15) is 22.6 Å². The fraction of sp³-hybridized carbons (Fsp3) is 0.0526. The van der Waals surface area contributed by atoms with Gasteiger partial charge in [0, 0.05) is 30.1 Å². The van der Waals surface area contributed by atoms with E-state index in [1.807, 2.05) is 0 Å². The van der Waals surface area contributed by atoms with Crippen LogP contribution in [-0.4, -0.2) is 14.4 Å². The van der Waals surface area contributed by atoms with E-state index in [0.29, 0.717) is 12.1 Å². The minimum absolute atomic E-state index is 0.0515. The molecule has 148 valence electrons. The molecule has 0 fully saturated rings. The fourth-order valence-corrected chi connectivity index (χ4v) is 3.28. The summed E-state index contributed by atoms with van der Waals surface area (Å²) in [5.74, 6) is -3.54. The van der Waals surface area contributed by atoms with Crippen LogP contribution in [0.2, 0.25) is 5.15 Å². The highest BCUT2D eigenvalue weighted by molar-refractivity contribution is 6.33. The van der Waals surface area contributed by atoms with Crippen molar-refractivity contribution in [3.63, 3.8) is 0 Å². The van der Waals surface area contributed by atoms with E-state index in [9.17, 15) is 26.3 Å². The van der Waals surface area contributed by atoms with E-state index in [1.54, 1.807) is 0 Å². The first-order chi connectivity index (χ1) is 13.7. The SMILES string of the molecule is Fc1cc(F)c(-c2c(Cl)nc3nccn3c2-c2ccc(C(F)(F)F)cc2)c(F)c1. The van der Waals surface area contributed by atoms with Gasteiger partial charge in [-0.05, 0) is 17.7 Å². The van der Waals surface area contributed by atoms with Crippen LogP contribution in [-0.2, 0) is 6.18 Å². The Balaban J connectivity index is 2.06. The molecule has 0 radical (unpaired) electrons. The first-order valence-corrected chi connectivity index (χ1v) is 8.39. The predicted octanol–water partition coefficient (Wildman–Crippen LogP) is 6.15. The van der Waals surface area contributed by atoms with Gasteiger partial charge in [-0.15, -0.1) is 0 Å². The zero-order valence-electron chi connectivity index (χ0n) is 14.1.